The van der Waals surface area contributed by atoms with E-state index in [4.69, 9.17) is 11.6 Å². The smallest absolute Gasteiger partial charge is 0.271 e. The fourth-order valence-electron chi connectivity index (χ4n) is 2.33. The van der Waals surface area contributed by atoms with Crippen molar-refractivity contribution in [1.29, 1.82) is 0 Å². The first-order chi connectivity index (χ1) is 12.3. The number of non-ortho nitro benzene ring substituents is 1. The molecule has 1 heterocycles. The second kappa shape index (κ2) is 7.35. The molecule has 0 fully saturated rings. The molecule has 0 aliphatic rings. The fourth-order valence-corrected chi connectivity index (χ4v) is 3.32. The summed E-state index contributed by atoms with van der Waals surface area (Å²) in [6.07, 6.45) is 0. The summed E-state index contributed by atoms with van der Waals surface area (Å²) in [7, 11) is 0. The number of hydrogen-bond acceptors (Lipinski definition) is 5. The van der Waals surface area contributed by atoms with Gasteiger partial charge in [-0.1, -0.05) is 29.4 Å². The van der Waals surface area contributed by atoms with Crippen molar-refractivity contribution in [2.45, 2.75) is 24.3 Å². The van der Waals surface area contributed by atoms with E-state index in [-0.39, 0.29) is 22.3 Å². The number of carbonyl (C=O) groups excluding carboxylic acids is 1. The van der Waals surface area contributed by atoms with Crippen LogP contribution < -0.4 is 5.32 Å². The van der Waals surface area contributed by atoms with Gasteiger partial charge >= 0.3 is 0 Å². The summed E-state index contributed by atoms with van der Waals surface area (Å²) in [6.45, 7) is 3.72. The normalized spacial score (nSPS) is 12.1. The number of aromatic amines is 1. The topological polar surface area (TPSA) is 101 Å². The van der Waals surface area contributed by atoms with Crippen LogP contribution in [0.4, 0.5) is 11.4 Å². The molecule has 134 valence electrons. The van der Waals surface area contributed by atoms with Gasteiger partial charge in [-0.25, -0.2) is 4.98 Å². The van der Waals surface area contributed by atoms with E-state index in [0.29, 0.717) is 5.16 Å². The Kier molecular flexibility index (Phi) is 5.15. The molecule has 0 saturated carbocycles. The Hall–Kier alpha value is -2.58. The van der Waals surface area contributed by atoms with E-state index in [1.54, 1.807) is 6.92 Å². The Morgan fingerprint density at radius 3 is 2.85 bits per heavy atom. The third-order valence-electron chi connectivity index (χ3n) is 3.69. The molecular weight excluding hydrogens is 376 g/mol. The van der Waals surface area contributed by atoms with E-state index < -0.39 is 10.2 Å². The third-order valence-corrected chi connectivity index (χ3v) is 5.01. The lowest BCUT2D eigenvalue weighted by Crippen LogP contribution is -2.22. The quantitative estimate of drug-likeness (QED) is 0.378. The molecule has 3 rings (SSSR count). The molecule has 0 aliphatic heterocycles. The molecule has 0 bridgehead atoms. The maximum Gasteiger partial charge on any atom is 0.271 e. The van der Waals surface area contributed by atoms with Crippen LogP contribution in [0.1, 0.15) is 12.5 Å². The standard InChI is InChI=1S/C17H15ClN4O3S/c1-9-3-6-13-15(7-9)21-17(20-13)26-10(2)16(23)19-14-8-11(22(24)25)4-5-12(14)18/h3-8,10H,1-2H3,(H,19,23)(H,20,21)/t10-/m1/s1. The van der Waals surface area contributed by atoms with Gasteiger partial charge in [-0.15, -0.1) is 0 Å². The van der Waals surface area contributed by atoms with Gasteiger partial charge in [0.25, 0.3) is 5.69 Å². The Labute approximate surface area is 158 Å². The largest absolute Gasteiger partial charge is 0.333 e. The molecule has 1 atom stereocenters. The molecule has 0 spiro atoms. The van der Waals surface area contributed by atoms with Gasteiger partial charge in [0, 0.05) is 12.1 Å². The number of anilines is 1. The average Bonchev–Trinajstić information content (AvgIpc) is 2.97. The zero-order valence-corrected chi connectivity index (χ0v) is 15.5. The summed E-state index contributed by atoms with van der Waals surface area (Å²) in [5.41, 5.74) is 2.91. The van der Waals surface area contributed by atoms with Crippen molar-refractivity contribution in [2.24, 2.45) is 0 Å². The molecule has 0 saturated heterocycles. The maximum atomic E-state index is 12.4. The number of nitro benzene ring substituents is 1. The molecule has 1 amide bonds. The monoisotopic (exact) mass is 390 g/mol. The Morgan fingerprint density at radius 1 is 1.35 bits per heavy atom. The van der Waals surface area contributed by atoms with Gasteiger partial charge in [-0.2, -0.15) is 0 Å². The number of halogens is 1. The predicted molar refractivity (Wildman–Crippen MR) is 103 cm³/mol. The van der Waals surface area contributed by atoms with Crippen molar-refractivity contribution in [3.63, 3.8) is 0 Å². The highest BCUT2D eigenvalue weighted by molar-refractivity contribution is 8.00. The van der Waals surface area contributed by atoms with Crippen molar-refractivity contribution in [2.75, 3.05) is 5.32 Å². The first kappa shape index (κ1) is 18.2. The molecule has 0 aliphatic carbocycles. The SMILES string of the molecule is Cc1ccc2nc(S[C@H](C)C(=O)Nc3cc([N+](=O)[O-])ccc3Cl)[nH]c2c1. The minimum atomic E-state index is -0.541. The van der Waals surface area contributed by atoms with Gasteiger partial charge < -0.3 is 10.3 Å². The Bertz CT molecular complexity index is 1000. The van der Waals surface area contributed by atoms with Crippen LogP contribution >= 0.6 is 23.4 Å². The lowest BCUT2D eigenvalue weighted by molar-refractivity contribution is -0.384. The molecular formula is C17H15ClN4O3S. The first-order valence-corrected chi connectivity index (χ1v) is 8.97. The summed E-state index contributed by atoms with van der Waals surface area (Å²) >= 11 is 7.28. The molecule has 2 N–H and O–H groups in total. The second-order valence-corrected chi connectivity index (χ2v) is 7.47. The number of rotatable bonds is 5. The van der Waals surface area contributed by atoms with E-state index in [1.807, 2.05) is 25.1 Å². The van der Waals surface area contributed by atoms with Gasteiger partial charge in [0.1, 0.15) is 0 Å². The van der Waals surface area contributed by atoms with Gasteiger partial charge in [0.05, 0.1) is 31.9 Å². The summed E-state index contributed by atoms with van der Waals surface area (Å²) < 4.78 is 0. The number of H-pyrrole nitrogens is 1. The summed E-state index contributed by atoms with van der Waals surface area (Å²) in [6, 6.07) is 9.78. The highest BCUT2D eigenvalue weighted by atomic mass is 35.5. The average molecular weight is 391 g/mol. The minimum absolute atomic E-state index is 0.141. The van der Waals surface area contributed by atoms with E-state index in [2.05, 4.69) is 15.3 Å². The van der Waals surface area contributed by atoms with Crippen LogP contribution in [-0.4, -0.2) is 26.0 Å². The van der Waals surface area contributed by atoms with E-state index in [1.165, 1.54) is 30.0 Å². The molecule has 2 aromatic carbocycles. The number of nitrogens with one attached hydrogen (secondary N) is 2. The number of thioether (sulfide) groups is 1. The fraction of sp³-hybridized carbons (Fsp3) is 0.176. The van der Waals surface area contributed by atoms with Crippen molar-refractivity contribution < 1.29 is 9.72 Å². The highest BCUT2D eigenvalue weighted by Crippen LogP contribution is 2.29. The van der Waals surface area contributed by atoms with Crippen LogP contribution in [0.3, 0.4) is 0 Å². The van der Waals surface area contributed by atoms with Crippen molar-refractivity contribution in [1.82, 2.24) is 9.97 Å². The lowest BCUT2D eigenvalue weighted by atomic mass is 10.2. The number of amides is 1. The van der Waals surface area contributed by atoms with Crippen LogP contribution in [0.2, 0.25) is 5.02 Å². The van der Waals surface area contributed by atoms with Crippen LogP contribution in [0.25, 0.3) is 11.0 Å². The summed E-state index contributed by atoms with van der Waals surface area (Å²) in [5, 5.41) is 13.9. The molecule has 9 heteroatoms. The molecule has 1 aromatic heterocycles. The number of carbonyl (C=O) groups is 1. The van der Waals surface area contributed by atoms with E-state index in [0.717, 1.165) is 16.6 Å². The van der Waals surface area contributed by atoms with Crippen molar-refractivity contribution in [3.05, 3.63) is 57.1 Å². The number of benzene rings is 2. The van der Waals surface area contributed by atoms with Crippen LogP contribution in [0, 0.1) is 17.0 Å². The molecule has 0 radical (unpaired) electrons. The number of aromatic nitrogens is 2. The zero-order chi connectivity index (χ0) is 18.8. The molecule has 7 nitrogen and oxygen atoms in total. The second-order valence-electron chi connectivity index (χ2n) is 5.73. The molecule has 26 heavy (non-hydrogen) atoms. The Balaban J connectivity index is 1.73. The van der Waals surface area contributed by atoms with E-state index in [9.17, 15) is 14.9 Å². The number of nitro groups is 1. The summed E-state index contributed by atoms with van der Waals surface area (Å²) in [4.78, 5) is 30.4. The maximum absolute atomic E-state index is 12.4. The number of imidazole rings is 1. The van der Waals surface area contributed by atoms with Gasteiger partial charge in [0.15, 0.2) is 5.16 Å². The highest BCUT2D eigenvalue weighted by Gasteiger charge is 2.19. The number of nitrogens with zero attached hydrogens (tertiary/aromatic N) is 2. The predicted octanol–water partition coefficient (Wildman–Crippen LogP) is 4.55. The number of aryl methyl sites for hydroxylation is 1. The number of fused-ring (bicyclic) bond motifs is 1. The third kappa shape index (κ3) is 3.97. The van der Waals surface area contributed by atoms with Gasteiger partial charge in [-0.05, 0) is 37.6 Å². The van der Waals surface area contributed by atoms with Crippen molar-refractivity contribution >= 4 is 51.7 Å². The van der Waals surface area contributed by atoms with Crippen LogP contribution in [0.5, 0.6) is 0 Å². The minimum Gasteiger partial charge on any atom is -0.333 e. The Morgan fingerprint density at radius 2 is 2.12 bits per heavy atom. The zero-order valence-electron chi connectivity index (χ0n) is 13.9. The van der Waals surface area contributed by atoms with Crippen LogP contribution in [-0.2, 0) is 4.79 Å². The van der Waals surface area contributed by atoms with Gasteiger partial charge in [0.2, 0.25) is 5.91 Å². The number of hydrogen-bond donors (Lipinski definition) is 2. The van der Waals surface area contributed by atoms with Crippen LogP contribution in [0.15, 0.2) is 41.6 Å². The van der Waals surface area contributed by atoms with Crippen molar-refractivity contribution in [3.8, 4) is 0 Å². The summed E-state index contributed by atoms with van der Waals surface area (Å²) in [5.74, 6) is -0.325. The van der Waals surface area contributed by atoms with E-state index >= 15 is 0 Å². The molecule has 0 unspecified atom stereocenters. The molecule has 3 aromatic rings. The van der Waals surface area contributed by atoms with Gasteiger partial charge in [-0.3, -0.25) is 14.9 Å². The lowest BCUT2D eigenvalue weighted by Gasteiger charge is -2.11. The first-order valence-electron chi connectivity index (χ1n) is 7.71.